The standard InChI is InChI=1S/C36H68N2O8S/c1-4-7-9-11-13-15-17-19-21-23-34(41)45-26-31(46-35(42)24-22-20-18-16-14-12-10-8-5-2)28-47-29-32(37)36(43)38-30(6-3)25-44-27-33(39)40/h30-32H,4-29,37H2,1-3H3,(H,38,43)(H,39,40)/t30-,31+,32-/m0/s1. The maximum Gasteiger partial charge on any atom is 0.329 e. The van der Waals surface area contributed by atoms with Gasteiger partial charge in [0.2, 0.25) is 5.91 Å². The van der Waals surface area contributed by atoms with Crippen molar-refractivity contribution in [2.45, 2.75) is 174 Å². The van der Waals surface area contributed by atoms with Gasteiger partial charge in [-0.1, -0.05) is 124 Å². The van der Waals surface area contributed by atoms with Crippen LogP contribution in [-0.2, 0) is 33.4 Å². The summed E-state index contributed by atoms with van der Waals surface area (Å²) in [5, 5.41) is 11.5. The van der Waals surface area contributed by atoms with E-state index >= 15 is 0 Å². The molecule has 47 heavy (non-hydrogen) atoms. The summed E-state index contributed by atoms with van der Waals surface area (Å²) in [4.78, 5) is 48.3. The summed E-state index contributed by atoms with van der Waals surface area (Å²) in [7, 11) is 0. The first-order valence-electron chi connectivity index (χ1n) is 18.5. The summed E-state index contributed by atoms with van der Waals surface area (Å²) >= 11 is 1.36. The minimum absolute atomic E-state index is 0.0208. The highest BCUT2D eigenvalue weighted by atomic mass is 32.2. The summed E-state index contributed by atoms with van der Waals surface area (Å²) in [6.07, 6.45) is 21.5. The highest BCUT2D eigenvalue weighted by Gasteiger charge is 2.21. The molecule has 0 aliphatic rings. The number of carboxylic acid groups (broad SMARTS) is 1. The highest BCUT2D eigenvalue weighted by Crippen LogP contribution is 2.15. The Balaban J connectivity index is 4.63. The fourth-order valence-electron chi connectivity index (χ4n) is 5.04. The minimum Gasteiger partial charge on any atom is -0.480 e. The lowest BCUT2D eigenvalue weighted by Gasteiger charge is -2.21. The molecule has 0 rings (SSSR count). The van der Waals surface area contributed by atoms with Gasteiger partial charge in [0.1, 0.15) is 19.3 Å². The summed E-state index contributed by atoms with van der Waals surface area (Å²) in [5.41, 5.74) is 6.11. The van der Waals surface area contributed by atoms with Crippen LogP contribution in [0.5, 0.6) is 0 Å². The Hall–Kier alpha value is -1.85. The van der Waals surface area contributed by atoms with Crippen molar-refractivity contribution >= 4 is 35.6 Å². The van der Waals surface area contributed by atoms with Crippen LogP contribution in [0.1, 0.15) is 156 Å². The van der Waals surface area contributed by atoms with Gasteiger partial charge < -0.3 is 30.4 Å². The van der Waals surface area contributed by atoms with Gasteiger partial charge in [0.05, 0.1) is 18.7 Å². The van der Waals surface area contributed by atoms with E-state index in [1.807, 2.05) is 6.92 Å². The monoisotopic (exact) mass is 688 g/mol. The lowest BCUT2D eigenvalue weighted by atomic mass is 10.1. The molecule has 0 bridgehead atoms. The van der Waals surface area contributed by atoms with E-state index in [1.54, 1.807) is 0 Å². The van der Waals surface area contributed by atoms with Crippen LogP contribution in [0, 0.1) is 0 Å². The van der Waals surface area contributed by atoms with Gasteiger partial charge in [-0.25, -0.2) is 4.79 Å². The summed E-state index contributed by atoms with van der Waals surface area (Å²) in [6.45, 7) is 5.92. The molecule has 0 unspecified atom stereocenters. The van der Waals surface area contributed by atoms with Crippen LogP contribution in [0.4, 0.5) is 0 Å². The van der Waals surface area contributed by atoms with Crippen LogP contribution in [0.25, 0.3) is 0 Å². The molecule has 0 aliphatic heterocycles. The highest BCUT2D eigenvalue weighted by molar-refractivity contribution is 7.99. The molecule has 0 radical (unpaired) electrons. The molecular formula is C36H68N2O8S. The molecule has 11 heteroatoms. The molecule has 0 aromatic rings. The first-order chi connectivity index (χ1) is 22.7. The van der Waals surface area contributed by atoms with Crippen molar-refractivity contribution in [2.24, 2.45) is 5.73 Å². The Morgan fingerprint density at radius 1 is 0.681 bits per heavy atom. The van der Waals surface area contributed by atoms with Crippen LogP contribution in [0.3, 0.4) is 0 Å². The lowest BCUT2D eigenvalue weighted by Crippen LogP contribution is -2.48. The average molecular weight is 689 g/mol. The zero-order chi connectivity index (χ0) is 35.0. The molecule has 0 saturated carbocycles. The van der Waals surface area contributed by atoms with Gasteiger partial charge in [-0.15, -0.1) is 0 Å². The molecule has 0 aromatic heterocycles. The largest absolute Gasteiger partial charge is 0.480 e. The van der Waals surface area contributed by atoms with Crippen LogP contribution >= 0.6 is 11.8 Å². The molecular weight excluding hydrogens is 620 g/mol. The number of rotatable bonds is 34. The summed E-state index contributed by atoms with van der Waals surface area (Å²) in [5.74, 6) is -1.41. The van der Waals surface area contributed by atoms with E-state index in [4.69, 9.17) is 25.1 Å². The van der Waals surface area contributed by atoms with Gasteiger partial charge in [0.25, 0.3) is 0 Å². The Labute approximate surface area is 289 Å². The van der Waals surface area contributed by atoms with Crippen molar-refractivity contribution in [3.8, 4) is 0 Å². The number of carbonyl (C=O) groups excluding carboxylic acids is 3. The molecule has 0 spiro atoms. The number of ether oxygens (including phenoxy) is 3. The van der Waals surface area contributed by atoms with Crippen molar-refractivity contribution in [3.05, 3.63) is 0 Å². The molecule has 1 amide bonds. The predicted molar refractivity (Wildman–Crippen MR) is 191 cm³/mol. The zero-order valence-corrected chi connectivity index (χ0v) is 30.7. The number of hydrogen-bond donors (Lipinski definition) is 3. The summed E-state index contributed by atoms with van der Waals surface area (Å²) < 4.78 is 16.3. The van der Waals surface area contributed by atoms with Crippen molar-refractivity contribution in [2.75, 3.05) is 31.3 Å². The third-order valence-corrected chi connectivity index (χ3v) is 9.22. The number of nitrogens with one attached hydrogen (secondary N) is 1. The number of amides is 1. The number of unbranched alkanes of at least 4 members (excludes halogenated alkanes) is 16. The minimum atomic E-state index is -1.07. The van der Waals surface area contributed by atoms with E-state index in [0.29, 0.717) is 25.0 Å². The Kier molecular flexibility index (Phi) is 31.4. The van der Waals surface area contributed by atoms with Crippen molar-refractivity contribution < 1.29 is 38.5 Å². The molecule has 0 aliphatic carbocycles. The van der Waals surface area contributed by atoms with Gasteiger partial charge in [-0.3, -0.25) is 14.4 Å². The normalized spacial score (nSPS) is 13.1. The lowest BCUT2D eigenvalue weighted by molar-refractivity contribution is -0.157. The quantitative estimate of drug-likeness (QED) is 0.0462. The number of nitrogens with two attached hydrogens (primary N) is 1. The second kappa shape index (κ2) is 32.7. The molecule has 0 saturated heterocycles. The van der Waals surface area contributed by atoms with Gasteiger partial charge in [-0.2, -0.15) is 11.8 Å². The second-order valence-corrected chi connectivity index (χ2v) is 13.7. The first-order valence-corrected chi connectivity index (χ1v) is 19.7. The van der Waals surface area contributed by atoms with Crippen LogP contribution in [-0.4, -0.2) is 78.4 Å². The first kappa shape index (κ1) is 45.2. The molecule has 276 valence electrons. The fraction of sp³-hybridized carbons (Fsp3) is 0.889. The molecule has 0 heterocycles. The maximum atomic E-state index is 12.6. The van der Waals surface area contributed by atoms with Crippen LogP contribution < -0.4 is 11.1 Å². The SMILES string of the molecule is CCCCCCCCCCCC(=O)OC[C@H](CSC[C@H](N)C(=O)N[C@@H](CC)COCC(=O)O)OC(=O)CCCCCCCCCCC. The maximum absolute atomic E-state index is 12.6. The number of hydrogen-bond acceptors (Lipinski definition) is 9. The third kappa shape index (κ3) is 30.0. The molecule has 4 N–H and O–H groups in total. The third-order valence-electron chi connectivity index (χ3n) is 8.02. The predicted octanol–water partition coefficient (Wildman–Crippen LogP) is 7.34. The van der Waals surface area contributed by atoms with E-state index in [0.717, 1.165) is 38.5 Å². The van der Waals surface area contributed by atoms with E-state index in [9.17, 15) is 19.2 Å². The van der Waals surface area contributed by atoms with Gasteiger partial charge in [0.15, 0.2) is 0 Å². The fourth-order valence-corrected chi connectivity index (χ4v) is 6.01. The number of thioether (sulfide) groups is 1. The van der Waals surface area contributed by atoms with Crippen molar-refractivity contribution in [1.82, 2.24) is 5.32 Å². The molecule has 0 aromatic carbocycles. The Bertz CT molecular complexity index is 801. The van der Waals surface area contributed by atoms with Crippen molar-refractivity contribution in [3.63, 3.8) is 0 Å². The second-order valence-electron chi connectivity index (χ2n) is 12.6. The smallest absolute Gasteiger partial charge is 0.329 e. The van der Waals surface area contributed by atoms with Crippen LogP contribution in [0.2, 0.25) is 0 Å². The van der Waals surface area contributed by atoms with Crippen LogP contribution in [0.15, 0.2) is 0 Å². The molecule has 0 fully saturated rings. The van der Waals surface area contributed by atoms with Gasteiger partial charge in [-0.05, 0) is 19.3 Å². The van der Waals surface area contributed by atoms with E-state index in [2.05, 4.69) is 19.2 Å². The number of carbonyl (C=O) groups is 4. The van der Waals surface area contributed by atoms with E-state index < -0.39 is 24.7 Å². The summed E-state index contributed by atoms with van der Waals surface area (Å²) in [6, 6.07) is -1.17. The van der Waals surface area contributed by atoms with Crippen molar-refractivity contribution in [1.29, 1.82) is 0 Å². The number of aliphatic carboxylic acids is 1. The topological polar surface area (TPSA) is 154 Å². The van der Waals surface area contributed by atoms with Gasteiger partial charge in [0, 0.05) is 24.3 Å². The Morgan fingerprint density at radius 3 is 1.66 bits per heavy atom. The van der Waals surface area contributed by atoms with E-state index in [-0.39, 0.29) is 42.9 Å². The molecule has 10 nitrogen and oxygen atoms in total. The number of esters is 2. The Morgan fingerprint density at radius 2 is 1.17 bits per heavy atom. The molecule has 3 atom stereocenters. The van der Waals surface area contributed by atoms with Gasteiger partial charge >= 0.3 is 17.9 Å². The average Bonchev–Trinajstić information content (AvgIpc) is 3.04. The number of carboxylic acids is 1. The zero-order valence-electron chi connectivity index (χ0n) is 29.9. The van der Waals surface area contributed by atoms with E-state index in [1.165, 1.54) is 88.8 Å².